The molecule has 1 aliphatic rings. The van der Waals surface area contributed by atoms with E-state index in [-0.39, 0.29) is 36.3 Å². The van der Waals surface area contributed by atoms with E-state index in [0.29, 0.717) is 17.2 Å². The minimum absolute atomic E-state index is 0. The molecular weight excluding hydrogens is 279 g/mol. The van der Waals surface area contributed by atoms with Gasteiger partial charge >= 0.3 is 0 Å². The molecule has 0 saturated carbocycles. The predicted octanol–water partition coefficient (Wildman–Crippen LogP) is 0.0798. The smallest absolute Gasteiger partial charge is 0.280 e. The second-order valence-corrected chi connectivity index (χ2v) is 3.92. The molecule has 7 nitrogen and oxygen atoms in total. The largest absolute Gasteiger partial charge is 0.369 e. The molecule has 0 spiro atoms. The zero-order valence-corrected chi connectivity index (χ0v) is 11.1. The SMILES string of the molecule is Cl.Cl.Nc1nc2c(ncn2C2CCNC2)c(=O)[nH]1. The van der Waals surface area contributed by atoms with Crippen LogP contribution in [0, 0.1) is 0 Å². The highest BCUT2D eigenvalue weighted by molar-refractivity contribution is 5.85. The molecule has 1 unspecified atom stereocenters. The topological polar surface area (TPSA) is 102 Å². The number of nitrogens with two attached hydrogens (primary N) is 1. The fourth-order valence-electron chi connectivity index (χ4n) is 2.09. The van der Waals surface area contributed by atoms with Crippen molar-refractivity contribution in [2.24, 2.45) is 0 Å². The lowest BCUT2D eigenvalue weighted by Crippen LogP contribution is -2.15. The highest BCUT2D eigenvalue weighted by Gasteiger charge is 2.20. The standard InChI is InChI=1S/C9H12N6O.2ClH/c10-9-13-7-6(8(16)14-9)12-4-15(7)5-1-2-11-3-5;;/h4-5,11H,1-3H2,(H3,10,13,14,16);2*1H. The lowest BCUT2D eigenvalue weighted by Gasteiger charge is -2.10. The lowest BCUT2D eigenvalue weighted by atomic mass is 10.2. The summed E-state index contributed by atoms with van der Waals surface area (Å²) < 4.78 is 1.92. The Kier molecular flexibility index (Phi) is 4.55. The van der Waals surface area contributed by atoms with E-state index in [9.17, 15) is 4.79 Å². The zero-order chi connectivity index (χ0) is 11.1. The number of aromatic nitrogens is 4. The molecule has 3 rings (SSSR count). The third-order valence-electron chi connectivity index (χ3n) is 2.88. The quantitative estimate of drug-likeness (QED) is 0.691. The summed E-state index contributed by atoms with van der Waals surface area (Å²) >= 11 is 0. The average Bonchev–Trinajstić information content (AvgIpc) is 2.83. The Morgan fingerprint density at radius 3 is 2.89 bits per heavy atom. The first-order valence-corrected chi connectivity index (χ1v) is 5.19. The number of rotatable bonds is 1. The van der Waals surface area contributed by atoms with E-state index in [1.54, 1.807) is 6.33 Å². The van der Waals surface area contributed by atoms with Crippen molar-refractivity contribution < 1.29 is 0 Å². The second kappa shape index (κ2) is 5.55. The van der Waals surface area contributed by atoms with Crippen LogP contribution in [-0.4, -0.2) is 32.6 Å². The Hall–Kier alpha value is -1.31. The summed E-state index contributed by atoms with van der Waals surface area (Å²) in [7, 11) is 0. The summed E-state index contributed by atoms with van der Waals surface area (Å²) in [5.41, 5.74) is 6.16. The molecule has 9 heteroatoms. The van der Waals surface area contributed by atoms with Crippen LogP contribution in [0.2, 0.25) is 0 Å². The Balaban J connectivity index is 0.000000810. The van der Waals surface area contributed by atoms with Gasteiger partial charge in [0, 0.05) is 6.54 Å². The van der Waals surface area contributed by atoms with Crippen LogP contribution in [-0.2, 0) is 0 Å². The van der Waals surface area contributed by atoms with E-state index in [4.69, 9.17) is 5.73 Å². The highest BCUT2D eigenvalue weighted by atomic mass is 35.5. The molecule has 0 aliphatic carbocycles. The molecular formula is C9H14Cl2N6O. The number of H-pyrrole nitrogens is 1. The Labute approximate surface area is 115 Å². The maximum absolute atomic E-state index is 11.6. The van der Waals surface area contributed by atoms with Crippen LogP contribution in [0.4, 0.5) is 5.95 Å². The number of fused-ring (bicyclic) bond motifs is 1. The average molecular weight is 293 g/mol. The number of hydrogen-bond donors (Lipinski definition) is 3. The van der Waals surface area contributed by atoms with Gasteiger partial charge in [0.2, 0.25) is 5.95 Å². The molecule has 18 heavy (non-hydrogen) atoms. The second-order valence-electron chi connectivity index (χ2n) is 3.92. The molecule has 4 N–H and O–H groups in total. The summed E-state index contributed by atoms with van der Waals surface area (Å²) in [6.07, 6.45) is 2.67. The van der Waals surface area contributed by atoms with Crippen LogP contribution in [0.1, 0.15) is 12.5 Å². The van der Waals surface area contributed by atoms with Crippen LogP contribution in [0.5, 0.6) is 0 Å². The van der Waals surface area contributed by atoms with Crippen LogP contribution in [0.25, 0.3) is 11.2 Å². The van der Waals surface area contributed by atoms with Crippen LogP contribution < -0.4 is 16.6 Å². The van der Waals surface area contributed by atoms with E-state index in [0.717, 1.165) is 19.5 Å². The predicted molar refractivity (Wildman–Crippen MR) is 73.6 cm³/mol. The van der Waals surface area contributed by atoms with Gasteiger partial charge in [-0.2, -0.15) is 4.98 Å². The van der Waals surface area contributed by atoms with Crippen LogP contribution >= 0.6 is 24.8 Å². The minimum Gasteiger partial charge on any atom is -0.369 e. The number of nitrogen functional groups attached to an aromatic ring is 1. The van der Waals surface area contributed by atoms with Crippen molar-refractivity contribution in [2.75, 3.05) is 18.8 Å². The molecule has 3 heterocycles. The fraction of sp³-hybridized carbons (Fsp3) is 0.444. The van der Waals surface area contributed by atoms with Gasteiger partial charge in [0.1, 0.15) is 0 Å². The van der Waals surface area contributed by atoms with Gasteiger partial charge in [-0.15, -0.1) is 24.8 Å². The fourth-order valence-corrected chi connectivity index (χ4v) is 2.09. The molecule has 1 saturated heterocycles. The van der Waals surface area contributed by atoms with E-state index in [1.807, 2.05) is 4.57 Å². The first kappa shape index (κ1) is 14.7. The van der Waals surface area contributed by atoms with Crippen LogP contribution in [0.15, 0.2) is 11.1 Å². The third kappa shape index (κ3) is 2.29. The molecule has 1 fully saturated rings. The molecule has 0 aromatic carbocycles. The third-order valence-corrected chi connectivity index (χ3v) is 2.88. The number of hydrogen-bond acceptors (Lipinski definition) is 5. The van der Waals surface area contributed by atoms with Crippen molar-refractivity contribution in [1.29, 1.82) is 0 Å². The van der Waals surface area contributed by atoms with Crippen molar-refractivity contribution >= 4 is 41.9 Å². The van der Waals surface area contributed by atoms with Gasteiger partial charge in [0.15, 0.2) is 11.2 Å². The first-order valence-electron chi connectivity index (χ1n) is 5.19. The van der Waals surface area contributed by atoms with Gasteiger partial charge in [-0.1, -0.05) is 0 Å². The number of imidazole rings is 1. The van der Waals surface area contributed by atoms with Gasteiger partial charge in [0.25, 0.3) is 5.56 Å². The van der Waals surface area contributed by atoms with Crippen molar-refractivity contribution in [3.05, 3.63) is 16.7 Å². The van der Waals surface area contributed by atoms with E-state index >= 15 is 0 Å². The Morgan fingerprint density at radius 2 is 2.22 bits per heavy atom. The Morgan fingerprint density at radius 1 is 1.44 bits per heavy atom. The molecule has 100 valence electrons. The van der Waals surface area contributed by atoms with Gasteiger partial charge in [0.05, 0.1) is 12.4 Å². The normalized spacial score (nSPS) is 18.3. The number of halogens is 2. The molecule has 0 bridgehead atoms. The summed E-state index contributed by atoms with van der Waals surface area (Å²) in [5.74, 6) is 0.130. The molecule has 1 atom stereocenters. The van der Waals surface area contributed by atoms with Gasteiger partial charge in [-0.25, -0.2) is 4.98 Å². The number of nitrogens with zero attached hydrogens (tertiary/aromatic N) is 3. The van der Waals surface area contributed by atoms with E-state index in [1.165, 1.54) is 0 Å². The van der Waals surface area contributed by atoms with Crippen molar-refractivity contribution in [2.45, 2.75) is 12.5 Å². The minimum atomic E-state index is -0.285. The molecule has 2 aromatic heterocycles. The Bertz CT molecular complexity index is 588. The highest BCUT2D eigenvalue weighted by Crippen LogP contribution is 2.19. The maximum atomic E-state index is 11.6. The summed E-state index contributed by atoms with van der Waals surface area (Å²) in [6.45, 7) is 1.85. The molecule has 0 radical (unpaired) electrons. The molecule has 1 aliphatic heterocycles. The van der Waals surface area contributed by atoms with Crippen molar-refractivity contribution in [3.63, 3.8) is 0 Å². The van der Waals surface area contributed by atoms with E-state index in [2.05, 4.69) is 20.3 Å². The van der Waals surface area contributed by atoms with E-state index < -0.39 is 0 Å². The summed E-state index contributed by atoms with van der Waals surface area (Å²) in [6, 6.07) is 0.304. The molecule has 2 aromatic rings. The number of aromatic amines is 1. The summed E-state index contributed by atoms with van der Waals surface area (Å²) in [5, 5.41) is 3.26. The van der Waals surface area contributed by atoms with Crippen molar-refractivity contribution in [1.82, 2.24) is 24.8 Å². The molecule has 0 amide bonds. The van der Waals surface area contributed by atoms with Gasteiger partial charge in [-0.05, 0) is 13.0 Å². The number of nitrogens with one attached hydrogen (secondary N) is 2. The summed E-state index contributed by atoms with van der Waals surface area (Å²) in [4.78, 5) is 22.2. The maximum Gasteiger partial charge on any atom is 0.280 e. The number of anilines is 1. The monoisotopic (exact) mass is 292 g/mol. The van der Waals surface area contributed by atoms with Crippen LogP contribution in [0.3, 0.4) is 0 Å². The zero-order valence-electron chi connectivity index (χ0n) is 9.42. The van der Waals surface area contributed by atoms with Gasteiger partial charge < -0.3 is 15.6 Å². The van der Waals surface area contributed by atoms with Gasteiger partial charge in [-0.3, -0.25) is 9.78 Å². The van der Waals surface area contributed by atoms with Crippen molar-refractivity contribution in [3.8, 4) is 0 Å². The lowest BCUT2D eigenvalue weighted by molar-refractivity contribution is 0.558. The first-order chi connectivity index (χ1) is 7.75.